The van der Waals surface area contributed by atoms with Crippen LogP contribution in [0, 0.1) is 11.7 Å². The van der Waals surface area contributed by atoms with Crippen LogP contribution in [0.25, 0.3) is 0 Å². The van der Waals surface area contributed by atoms with E-state index in [1.807, 2.05) is 18.2 Å². The maximum Gasteiger partial charge on any atom is 0.234 e. The molecule has 4 nitrogen and oxygen atoms in total. The smallest absolute Gasteiger partial charge is 0.234 e. The van der Waals surface area contributed by atoms with Gasteiger partial charge < -0.3 is 5.32 Å². The third-order valence-electron chi connectivity index (χ3n) is 5.49. The number of allylic oxidation sites excluding steroid dienone is 2. The number of carbonyl (C=O) groups is 2. The molecule has 2 aliphatic rings. The average Bonchev–Trinajstić information content (AvgIpc) is 2.69. The summed E-state index contributed by atoms with van der Waals surface area (Å²) in [5.41, 5.74) is 2.69. The largest absolute Gasteiger partial charge is 0.323 e. The van der Waals surface area contributed by atoms with Crippen molar-refractivity contribution in [1.29, 1.82) is 0 Å². The molecule has 0 spiro atoms. The highest BCUT2D eigenvalue weighted by Gasteiger charge is 2.43. The third-order valence-corrected chi connectivity index (χ3v) is 5.83. The number of aliphatic imine (C=N–C) groups is 1. The average molecular weight is 411 g/mol. The zero-order chi connectivity index (χ0) is 20.5. The number of rotatable bonds is 3. The zero-order valence-corrected chi connectivity index (χ0v) is 16.7. The summed E-state index contributed by atoms with van der Waals surface area (Å²) in [6, 6.07) is 13.2. The second-order valence-corrected chi connectivity index (χ2v) is 7.74. The molecule has 0 bridgehead atoms. The number of nitrogens with one attached hydrogen (secondary N) is 1. The van der Waals surface area contributed by atoms with Gasteiger partial charge in [0.1, 0.15) is 5.82 Å². The highest BCUT2D eigenvalue weighted by Crippen LogP contribution is 2.45. The van der Waals surface area contributed by atoms with Crippen molar-refractivity contribution >= 4 is 34.7 Å². The molecule has 0 aromatic heterocycles. The van der Waals surface area contributed by atoms with Gasteiger partial charge in [0.25, 0.3) is 0 Å². The summed E-state index contributed by atoms with van der Waals surface area (Å²) in [4.78, 5) is 30.7. The number of halogens is 2. The van der Waals surface area contributed by atoms with Crippen LogP contribution in [0.5, 0.6) is 0 Å². The first-order valence-electron chi connectivity index (χ1n) is 9.58. The van der Waals surface area contributed by atoms with E-state index < -0.39 is 23.6 Å². The van der Waals surface area contributed by atoms with Crippen molar-refractivity contribution in [3.63, 3.8) is 0 Å². The maximum atomic E-state index is 14.1. The number of benzene rings is 2. The normalized spacial score (nSPS) is 21.5. The van der Waals surface area contributed by atoms with Crippen LogP contribution in [0.1, 0.15) is 37.7 Å². The highest BCUT2D eigenvalue weighted by molar-refractivity contribution is 6.31. The molecular formula is C23H20ClFN2O2. The molecule has 2 aromatic carbocycles. The van der Waals surface area contributed by atoms with Crippen molar-refractivity contribution in [2.75, 3.05) is 5.32 Å². The Morgan fingerprint density at radius 3 is 2.62 bits per heavy atom. The van der Waals surface area contributed by atoms with Crippen LogP contribution in [0.3, 0.4) is 0 Å². The monoisotopic (exact) mass is 410 g/mol. The highest BCUT2D eigenvalue weighted by atomic mass is 35.5. The lowest BCUT2D eigenvalue weighted by molar-refractivity contribution is -0.119. The number of hydrogen-bond acceptors (Lipinski definition) is 3. The van der Waals surface area contributed by atoms with Crippen LogP contribution in [-0.4, -0.2) is 17.4 Å². The van der Waals surface area contributed by atoms with Crippen molar-refractivity contribution in [3.05, 3.63) is 76.2 Å². The number of ketones is 1. The number of anilines is 1. The van der Waals surface area contributed by atoms with Gasteiger partial charge in [0, 0.05) is 34.3 Å². The SMILES string of the molecule is CC1=NC2=C(C(=O)CCC2)[C@H](c2ccccc2Cl)C1C(=O)Nc1ccccc1F. The van der Waals surface area contributed by atoms with Crippen LogP contribution >= 0.6 is 11.6 Å². The van der Waals surface area contributed by atoms with E-state index in [4.69, 9.17) is 11.6 Å². The number of para-hydroxylation sites is 1. The number of Topliss-reactive ketones (excluding diaryl/α,β-unsaturated/α-hetero) is 1. The molecule has 1 N–H and O–H groups in total. The molecule has 1 heterocycles. The molecule has 1 aliphatic heterocycles. The minimum Gasteiger partial charge on any atom is -0.323 e. The molecule has 2 atom stereocenters. The molecule has 4 rings (SSSR count). The Labute approximate surface area is 173 Å². The molecule has 2 aromatic rings. The van der Waals surface area contributed by atoms with Gasteiger partial charge in [-0.25, -0.2) is 4.39 Å². The van der Waals surface area contributed by atoms with Gasteiger partial charge in [-0.3, -0.25) is 14.6 Å². The first kappa shape index (κ1) is 19.5. The molecule has 1 unspecified atom stereocenters. The van der Waals surface area contributed by atoms with Crippen molar-refractivity contribution in [1.82, 2.24) is 0 Å². The molecule has 1 amide bonds. The Morgan fingerprint density at radius 2 is 1.86 bits per heavy atom. The predicted molar refractivity (Wildman–Crippen MR) is 112 cm³/mol. The first-order chi connectivity index (χ1) is 14.0. The summed E-state index contributed by atoms with van der Waals surface area (Å²) in [6.45, 7) is 1.78. The van der Waals surface area contributed by atoms with Gasteiger partial charge in [0.05, 0.1) is 11.6 Å². The van der Waals surface area contributed by atoms with E-state index in [1.54, 1.807) is 25.1 Å². The Morgan fingerprint density at radius 1 is 1.14 bits per heavy atom. The number of carbonyl (C=O) groups excluding carboxylic acids is 2. The molecule has 6 heteroatoms. The third kappa shape index (κ3) is 3.62. The van der Waals surface area contributed by atoms with Gasteiger partial charge in [-0.1, -0.05) is 41.9 Å². The van der Waals surface area contributed by atoms with E-state index in [1.165, 1.54) is 12.1 Å². The van der Waals surface area contributed by atoms with E-state index in [0.717, 1.165) is 12.1 Å². The molecule has 148 valence electrons. The van der Waals surface area contributed by atoms with E-state index in [-0.39, 0.29) is 11.5 Å². The van der Waals surface area contributed by atoms with Crippen LogP contribution < -0.4 is 5.32 Å². The van der Waals surface area contributed by atoms with Gasteiger partial charge in [-0.05, 0) is 43.5 Å². The number of nitrogens with zero attached hydrogens (tertiary/aromatic N) is 1. The minimum absolute atomic E-state index is 0.00360. The van der Waals surface area contributed by atoms with E-state index in [9.17, 15) is 14.0 Å². The topological polar surface area (TPSA) is 58.5 Å². The van der Waals surface area contributed by atoms with Gasteiger partial charge >= 0.3 is 0 Å². The van der Waals surface area contributed by atoms with Gasteiger partial charge in [-0.15, -0.1) is 0 Å². The molecule has 29 heavy (non-hydrogen) atoms. The summed E-state index contributed by atoms with van der Waals surface area (Å²) in [6.07, 6.45) is 1.87. The quantitative estimate of drug-likeness (QED) is 0.746. The van der Waals surface area contributed by atoms with Gasteiger partial charge in [0.15, 0.2) is 5.78 Å². The molecule has 0 saturated carbocycles. The molecule has 0 saturated heterocycles. The van der Waals surface area contributed by atoms with Gasteiger partial charge in [0.2, 0.25) is 5.91 Å². The fraction of sp³-hybridized carbons (Fsp3) is 0.261. The lowest BCUT2D eigenvalue weighted by Crippen LogP contribution is -2.39. The zero-order valence-electron chi connectivity index (χ0n) is 15.9. The minimum atomic E-state index is -0.754. The van der Waals surface area contributed by atoms with Crippen molar-refractivity contribution < 1.29 is 14.0 Å². The van der Waals surface area contributed by atoms with E-state index in [2.05, 4.69) is 10.3 Å². The standard InChI is InChI=1S/C23H20ClFN2O2/c1-13-20(23(29)27-17-10-5-4-9-16(17)25)21(14-7-2-3-8-15(14)24)22-18(26-13)11-6-12-19(22)28/h2-5,7-10,20-21H,6,11-12H2,1H3,(H,27,29)/t20?,21-/m1/s1. The number of hydrogen-bond donors (Lipinski definition) is 1. The van der Waals surface area contributed by atoms with E-state index in [0.29, 0.717) is 34.7 Å². The second-order valence-electron chi connectivity index (χ2n) is 7.34. The lowest BCUT2D eigenvalue weighted by atomic mass is 9.71. The Hall–Kier alpha value is -2.79. The summed E-state index contributed by atoms with van der Waals surface area (Å²) < 4.78 is 14.1. The molecule has 1 aliphatic carbocycles. The Bertz CT molecular complexity index is 1060. The lowest BCUT2D eigenvalue weighted by Gasteiger charge is -2.35. The maximum absolute atomic E-state index is 14.1. The van der Waals surface area contributed by atoms with Crippen molar-refractivity contribution in [2.24, 2.45) is 10.9 Å². The number of amides is 1. The first-order valence-corrected chi connectivity index (χ1v) is 9.96. The Kier molecular flexibility index (Phi) is 5.33. The van der Waals surface area contributed by atoms with Gasteiger partial charge in [-0.2, -0.15) is 0 Å². The van der Waals surface area contributed by atoms with Crippen LogP contribution in [0.15, 0.2) is 64.8 Å². The summed E-state index contributed by atoms with van der Waals surface area (Å²) in [7, 11) is 0. The summed E-state index contributed by atoms with van der Waals surface area (Å²) >= 11 is 6.47. The van der Waals surface area contributed by atoms with Crippen molar-refractivity contribution in [2.45, 2.75) is 32.1 Å². The molecular weight excluding hydrogens is 391 g/mol. The Balaban J connectivity index is 1.81. The van der Waals surface area contributed by atoms with Crippen molar-refractivity contribution in [3.8, 4) is 0 Å². The predicted octanol–water partition coefficient (Wildman–Crippen LogP) is 5.30. The second kappa shape index (κ2) is 7.91. The molecule has 0 fully saturated rings. The van der Waals surface area contributed by atoms with Crippen LogP contribution in [-0.2, 0) is 9.59 Å². The summed E-state index contributed by atoms with van der Waals surface area (Å²) in [5.74, 6) is -2.23. The fourth-order valence-electron chi connectivity index (χ4n) is 4.18. The summed E-state index contributed by atoms with van der Waals surface area (Å²) in [5, 5.41) is 3.16. The van der Waals surface area contributed by atoms with E-state index >= 15 is 0 Å². The molecule has 0 radical (unpaired) electrons. The van der Waals surface area contributed by atoms with Crippen LogP contribution in [0.4, 0.5) is 10.1 Å². The van der Waals surface area contributed by atoms with Crippen LogP contribution in [0.2, 0.25) is 5.02 Å². The fourth-order valence-corrected chi connectivity index (χ4v) is 4.44.